The molecule has 0 heterocycles. The molecule has 0 bridgehead atoms. The molecule has 0 amide bonds. The molecule has 2 aromatic rings. The first-order chi connectivity index (χ1) is 17.2. The number of ether oxygens (including phenoxy) is 3. The van der Waals surface area contributed by atoms with E-state index in [0.717, 1.165) is 17.5 Å². The third-order valence-electron chi connectivity index (χ3n) is 5.64. The second kappa shape index (κ2) is 12.2. The first-order valence-electron chi connectivity index (χ1n) is 12.8. The molecule has 0 saturated heterocycles. The molecule has 6 nitrogen and oxygen atoms in total. The largest absolute Gasteiger partial charge is 0.493 e. The number of esters is 2. The van der Waals surface area contributed by atoms with Crippen molar-refractivity contribution in [2.45, 2.75) is 75.2 Å². The van der Waals surface area contributed by atoms with Crippen LogP contribution in [-0.2, 0) is 22.4 Å². The van der Waals surface area contributed by atoms with Crippen LogP contribution in [0, 0.1) is 10.8 Å². The summed E-state index contributed by atoms with van der Waals surface area (Å²) in [6.07, 6.45) is 4.47. The summed E-state index contributed by atoms with van der Waals surface area (Å²) in [4.78, 5) is 38.0. The second-order valence-corrected chi connectivity index (χ2v) is 10.9. The summed E-state index contributed by atoms with van der Waals surface area (Å²) in [5.41, 5.74) is 1.52. The highest BCUT2D eigenvalue weighted by molar-refractivity contribution is 6.07. The van der Waals surface area contributed by atoms with Gasteiger partial charge in [-0.15, -0.1) is 0 Å². The van der Waals surface area contributed by atoms with Gasteiger partial charge in [-0.05, 0) is 115 Å². The van der Waals surface area contributed by atoms with Gasteiger partial charge in [0.1, 0.15) is 17.2 Å². The fourth-order valence-corrected chi connectivity index (χ4v) is 3.35. The van der Waals surface area contributed by atoms with Crippen molar-refractivity contribution in [2.75, 3.05) is 6.61 Å². The van der Waals surface area contributed by atoms with E-state index in [1.807, 2.05) is 26.8 Å². The van der Waals surface area contributed by atoms with Crippen LogP contribution in [0.1, 0.15) is 89.4 Å². The van der Waals surface area contributed by atoms with Gasteiger partial charge in [-0.2, -0.15) is 0 Å². The van der Waals surface area contributed by atoms with Crippen LogP contribution in [0.15, 0.2) is 36.4 Å². The molecule has 0 saturated carbocycles. The fourth-order valence-electron chi connectivity index (χ4n) is 3.35. The summed E-state index contributed by atoms with van der Waals surface area (Å²) >= 11 is 0. The van der Waals surface area contributed by atoms with E-state index < -0.39 is 10.8 Å². The van der Waals surface area contributed by atoms with Gasteiger partial charge in [0, 0.05) is 5.56 Å². The Bertz CT molecular complexity index is 1160. The molecule has 0 aliphatic heterocycles. The molecule has 0 aliphatic rings. The van der Waals surface area contributed by atoms with E-state index in [1.165, 1.54) is 6.08 Å². The topological polar surface area (TPSA) is 78.9 Å². The van der Waals surface area contributed by atoms with Gasteiger partial charge in [0.15, 0.2) is 5.78 Å². The molecule has 0 aliphatic carbocycles. The maximum absolute atomic E-state index is 13.0. The lowest BCUT2D eigenvalue weighted by atomic mass is 9.95. The van der Waals surface area contributed by atoms with Crippen molar-refractivity contribution in [3.63, 3.8) is 0 Å². The van der Waals surface area contributed by atoms with E-state index in [9.17, 15) is 14.4 Å². The van der Waals surface area contributed by atoms with E-state index in [0.29, 0.717) is 41.4 Å². The van der Waals surface area contributed by atoms with E-state index >= 15 is 0 Å². The van der Waals surface area contributed by atoms with E-state index in [-0.39, 0.29) is 17.7 Å². The Hall–Kier alpha value is -3.41. The zero-order chi connectivity index (χ0) is 28.0. The highest BCUT2D eigenvalue weighted by atomic mass is 16.5. The third-order valence-corrected chi connectivity index (χ3v) is 5.64. The van der Waals surface area contributed by atoms with Crippen LogP contribution in [0.3, 0.4) is 0 Å². The summed E-state index contributed by atoms with van der Waals surface area (Å²) in [5.74, 6) is 0.428. The zero-order valence-electron chi connectivity index (χ0n) is 23.6. The minimum absolute atomic E-state index is 0.246. The molecule has 0 N–H and O–H groups in total. The molecular formula is C31H40O6. The number of carbonyl (C=O) groups is 3. The quantitative estimate of drug-likeness (QED) is 0.157. The maximum atomic E-state index is 13.0. The van der Waals surface area contributed by atoms with Crippen LogP contribution in [0.25, 0.3) is 6.08 Å². The second-order valence-electron chi connectivity index (χ2n) is 10.9. The molecule has 37 heavy (non-hydrogen) atoms. The number of hydrogen-bond donors (Lipinski definition) is 0. The Labute approximate surface area is 221 Å². The fraction of sp³-hybridized carbons (Fsp3) is 0.452. The van der Waals surface area contributed by atoms with Gasteiger partial charge in [-0.25, -0.2) is 0 Å². The Kier molecular flexibility index (Phi) is 9.85. The number of rotatable bonds is 9. The zero-order valence-corrected chi connectivity index (χ0v) is 23.6. The summed E-state index contributed by atoms with van der Waals surface area (Å²) < 4.78 is 17.3. The van der Waals surface area contributed by atoms with Crippen LogP contribution in [-0.4, -0.2) is 24.3 Å². The molecule has 200 valence electrons. The van der Waals surface area contributed by atoms with Gasteiger partial charge >= 0.3 is 11.9 Å². The average molecular weight is 509 g/mol. The molecular weight excluding hydrogens is 468 g/mol. The Morgan fingerprint density at radius 2 is 1.27 bits per heavy atom. The van der Waals surface area contributed by atoms with Gasteiger partial charge in [0.2, 0.25) is 0 Å². The van der Waals surface area contributed by atoms with Crippen molar-refractivity contribution < 1.29 is 28.6 Å². The number of allylic oxidation sites excluding steroid dienone is 1. The van der Waals surface area contributed by atoms with Gasteiger partial charge in [-0.1, -0.05) is 13.8 Å². The summed E-state index contributed by atoms with van der Waals surface area (Å²) in [6.45, 7) is 17.1. The van der Waals surface area contributed by atoms with Gasteiger partial charge < -0.3 is 14.2 Å². The lowest BCUT2D eigenvalue weighted by molar-refractivity contribution is -0.143. The van der Waals surface area contributed by atoms with E-state index in [4.69, 9.17) is 14.2 Å². The minimum atomic E-state index is -0.699. The van der Waals surface area contributed by atoms with E-state index in [1.54, 1.807) is 71.9 Å². The van der Waals surface area contributed by atoms with Crippen molar-refractivity contribution in [3.8, 4) is 17.2 Å². The third kappa shape index (κ3) is 7.78. The Morgan fingerprint density at radius 1 is 0.757 bits per heavy atom. The SMILES string of the molecule is CCOc1c(CC)cc(CC)c(OC(=O)C(C)(C)C)c1/C=C/C(=O)c1ccc(OC(=O)C(C)(C)C)cc1. The lowest BCUT2D eigenvalue weighted by Crippen LogP contribution is -2.26. The van der Waals surface area contributed by atoms with Crippen LogP contribution in [0.2, 0.25) is 0 Å². The van der Waals surface area contributed by atoms with Crippen LogP contribution in [0.5, 0.6) is 17.2 Å². The molecule has 0 atom stereocenters. The molecule has 6 heteroatoms. The standard InChI is InChI=1S/C31H40O6/c1-10-20-19-21(11-2)27(37-29(34)31(7,8)9)24(26(20)35-12-3)17-18-25(32)22-13-15-23(16-14-22)36-28(33)30(4,5)6/h13-19H,10-12H2,1-9H3/b18-17+. The normalized spacial score (nSPS) is 11.9. The maximum Gasteiger partial charge on any atom is 0.316 e. The smallest absolute Gasteiger partial charge is 0.316 e. The highest BCUT2D eigenvalue weighted by Crippen LogP contribution is 2.39. The molecule has 0 radical (unpaired) electrons. The molecule has 0 fully saturated rings. The van der Waals surface area contributed by atoms with Crippen molar-refractivity contribution in [2.24, 2.45) is 10.8 Å². The monoisotopic (exact) mass is 508 g/mol. The number of carbonyl (C=O) groups excluding carboxylic acids is 3. The molecule has 0 spiro atoms. The van der Waals surface area contributed by atoms with Crippen molar-refractivity contribution >= 4 is 23.8 Å². The van der Waals surface area contributed by atoms with Crippen molar-refractivity contribution in [1.82, 2.24) is 0 Å². The summed E-state index contributed by atoms with van der Waals surface area (Å²) in [5, 5.41) is 0. The van der Waals surface area contributed by atoms with Gasteiger partial charge in [0.05, 0.1) is 23.0 Å². The average Bonchev–Trinajstić information content (AvgIpc) is 2.82. The molecule has 0 unspecified atom stereocenters. The lowest BCUT2D eigenvalue weighted by Gasteiger charge is -2.22. The predicted octanol–water partition coefficient (Wildman–Crippen LogP) is 7.01. The first kappa shape index (κ1) is 29.8. The first-order valence-corrected chi connectivity index (χ1v) is 12.8. The van der Waals surface area contributed by atoms with Crippen molar-refractivity contribution in [3.05, 3.63) is 58.7 Å². The predicted molar refractivity (Wildman–Crippen MR) is 146 cm³/mol. The van der Waals surface area contributed by atoms with Crippen molar-refractivity contribution in [1.29, 1.82) is 0 Å². The molecule has 2 rings (SSSR count). The molecule has 0 aromatic heterocycles. The minimum Gasteiger partial charge on any atom is -0.493 e. The number of benzene rings is 2. The summed E-state index contributed by atoms with van der Waals surface area (Å²) in [6, 6.07) is 8.43. The number of ketones is 1. The van der Waals surface area contributed by atoms with E-state index in [2.05, 4.69) is 0 Å². The highest BCUT2D eigenvalue weighted by Gasteiger charge is 2.27. The Balaban J connectivity index is 2.48. The van der Waals surface area contributed by atoms with Gasteiger partial charge in [-0.3, -0.25) is 14.4 Å². The summed E-state index contributed by atoms with van der Waals surface area (Å²) in [7, 11) is 0. The van der Waals surface area contributed by atoms with Gasteiger partial charge in [0.25, 0.3) is 0 Å². The molecule has 2 aromatic carbocycles. The number of hydrogen-bond acceptors (Lipinski definition) is 6. The number of aryl methyl sites for hydroxylation is 2. The van der Waals surface area contributed by atoms with Crippen LogP contribution in [0.4, 0.5) is 0 Å². The van der Waals surface area contributed by atoms with Crippen LogP contribution >= 0.6 is 0 Å². The van der Waals surface area contributed by atoms with Crippen LogP contribution < -0.4 is 14.2 Å². The Morgan fingerprint density at radius 3 is 1.76 bits per heavy atom.